The van der Waals surface area contributed by atoms with Crippen molar-refractivity contribution in [2.75, 3.05) is 20.7 Å². The second kappa shape index (κ2) is 7.00. The lowest BCUT2D eigenvalue weighted by molar-refractivity contribution is 0.314. The normalized spacial score (nSPS) is 14.1. The lowest BCUT2D eigenvalue weighted by Crippen LogP contribution is -2.27. The SMILES string of the molecule is COc1ccc(F)cc1-c1cc2c(N=O)c(O)[nH]c2c2c1CCN(C)C2.[3H]C. The van der Waals surface area contributed by atoms with Gasteiger partial charge in [0.15, 0.2) is 5.69 Å². The van der Waals surface area contributed by atoms with Crippen LogP contribution in [0.4, 0.5) is 10.1 Å². The van der Waals surface area contributed by atoms with Crippen LogP contribution in [-0.4, -0.2) is 35.7 Å². The van der Waals surface area contributed by atoms with Crippen molar-refractivity contribution in [3.8, 4) is 22.8 Å². The van der Waals surface area contributed by atoms with Gasteiger partial charge in [-0.1, -0.05) is 7.40 Å². The molecule has 1 aromatic heterocycles. The zero-order chi connectivity index (χ0) is 20.4. The van der Waals surface area contributed by atoms with E-state index in [4.69, 9.17) is 6.11 Å². The number of hydrogen-bond donors (Lipinski definition) is 2. The summed E-state index contributed by atoms with van der Waals surface area (Å²) in [4.78, 5) is 16.3. The molecule has 3 aromatic rings. The third-order valence-electron chi connectivity index (χ3n) is 4.99. The van der Waals surface area contributed by atoms with E-state index in [2.05, 4.69) is 15.1 Å². The molecule has 0 saturated carbocycles. The molecule has 2 aromatic carbocycles. The van der Waals surface area contributed by atoms with Crippen LogP contribution in [0.2, 0.25) is 0 Å². The minimum atomic E-state index is -0.367. The van der Waals surface area contributed by atoms with E-state index in [9.17, 15) is 14.4 Å². The number of hydrogen-bond acceptors (Lipinski definition) is 5. The Balaban J connectivity index is 0.00000109. The number of rotatable bonds is 3. The number of fused-ring (bicyclic) bond motifs is 3. The van der Waals surface area contributed by atoms with E-state index in [1.165, 1.54) is 26.6 Å². The highest BCUT2D eigenvalue weighted by molar-refractivity contribution is 6.00. The molecule has 142 valence electrons. The summed E-state index contributed by atoms with van der Waals surface area (Å²) in [6.07, 6.45) is 0.764. The van der Waals surface area contributed by atoms with Crippen LogP contribution in [0.1, 0.15) is 19.9 Å². The first-order chi connectivity index (χ1) is 13.5. The van der Waals surface area contributed by atoms with E-state index in [1.807, 2.05) is 7.05 Å². The maximum absolute atomic E-state index is 13.9. The number of methoxy groups -OCH3 is 1. The van der Waals surface area contributed by atoms with Crippen LogP contribution in [0.5, 0.6) is 11.6 Å². The van der Waals surface area contributed by atoms with Gasteiger partial charge in [-0.15, -0.1) is 4.91 Å². The van der Waals surface area contributed by atoms with E-state index < -0.39 is 0 Å². The maximum Gasteiger partial charge on any atom is 0.219 e. The Kier molecular flexibility index (Phi) is 4.53. The predicted molar refractivity (Wildman–Crippen MR) is 104 cm³/mol. The van der Waals surface area contributed by atoms with Gasteiger partial charge in [-0.2, -0.15) is 0 Å². The zero-order valence-electron chi connectivity index (χ0n) is 16.5. The van der Waals surface area contributed by atoms with Gasteiger partial charge in [0.2, 0.25) is 5.88 Å². The second-order valence-electron chi connectivity index (χ2n) is 6.55. The first kappa shape index (κ1) is 17.5. The number of aromatic nitrogens is 1. The molecule has 0 amide bonds. The first-order valence-corrected chi connectivity index (χ1v) is 8.28. The standard InChI is InChI=1S/C19H18FN3O3.CH4/c1-23-6-5-11-12(13-7-10(20)3-4-16(13)26-2)8-14-17(15(11)9-23)21-19(24)18(14)22-25;/h3-4,7-8,21,24H,5-6,9H2,1-2H3;1H4/i;1T. The molecule has 0 aliphatic carbocycles. The van der Waals surface area contributed by atoms with Crippen molar-refractivity contribution in [1.82, 2.24) is 9.88 Å². The van der Waals surface area contributed by atoms with E-state index in [1.54, 1.807) is 12.1 Å². The maximum atomic E-state index is 13.9. The summed E-state index contributed by atoms with van der Waals surface area (Å²) in [5.41, 5.74) is 4.10. The minimum Gasteiger partial charge on any atom is -0.496 e. The summed E-state index contributed by atoms with van der Waals surface area (Å²) in [5.74, 6) is -0.0748. The van der Waals surface area contributed by atoms with Gasteiger partial charge in [0.25, 0.3) is 0 Å². The molecule has 0 unspecified atom stereocenters. The lowest BCUT2D eigenvalue weighted by Gasteiger charge is -2.28. The third kappa shape index (κ3) is 2.94. The van der Waals surface area contributed by atoms with E-state index in [0.717, 1.165) is 29.7 Å². The molecule has 6 nitrogen and oxygen atoms in total. The molecular formula is C20H22FN3O3. The highest BCUT2D eigenvalue weighted by Gasteiger charge is 2.25. The fourth-order valence-corrected chi connectivity index (χ4v) is 3.75. The molecule has 0 radical (unpaired) electrons. The van der Waals surface area contributed by atoms with Crippen molar-refractivity contribution >= 4 is 16.6 Å². The minimum absolute atomic E-state index is 0.0346. The smallest absolute Gasteiger partial charge is 0.219 e. The number of nitrogens with one attached hydrogen (secondary N) is 1. The van der Waals surface area contributed by atoms with Crippen LogP contribution in [-0.2, 0) is 13.0 Å². The van der Waals surface area contributed by atoms with Gasteiger partial charge in [0.05, 0.1) is 12.6 Å². The van der Waals surface area contributed by atoms with Crippen LogP contribution in [0.15, 0.2) is 29.4 Å². The zero-order valence-corrected chi connectivity index (χ0v) is 15.5. The van der Waals surface area contributed by atoms with Gasteiger partial charge in [-0.25, -0.2) is 4.39 Å². The molecule has 0 spiro atoms. The first-order valence-electron chi connectivity index (χ1n) is 9.28. The van der Waals surface area contributed by atoms with Gasteiger partial charge in [-0.3, -0.25) is 0 Å². The molecule has 0 bridgehead atoms. The van der Waals surface area contributed by atoms with Crippen molar-refractivity contribution in [2.45, 2.75) is 20.4 Å². The van der Waals surface area contributed by atoms with Gasteiger partial charge in [-0.05, 0) is 59.6 Å². The Bertz CT molecular complexity index is 1040. The molecule has 4 rings (SSSR count). The van der Waals surface area contributed by atoms with Gasteiger partial charge < -0.3 is 19.7 Å². The summed E-state index contributed by atoms with van der Waals surface area (Å²) >= 11 is 0. The van der Waals surface area contributed by atoms with E-state index in [0.29, 0.717) is 28.8 Å². The fraction of sp³-hybridized carbons (Fsp3) is 0.300. The predicted octanol–water partition coefficient (Wildman–Crippen LogP) is 4.71. The number of aromatic hydroxyl groups is 1. The largest absolute Gasteiger partial charge is 0.496 e. The van der Waals surface area contributed by atoms with Crippen molar-refractivity contribution < 1.29 is 15.6 Å². The summed E-state index contributed by atoms with van der Waals surface area (Å²) in [5, 5.41) is 13.6. The number of H-pyrrole nitrogens is 1. The third-order valence-corrected chi connectivity index (χ3v) is 4.99. The average molecular weight is 373 g/mol. The number of ether oxygens (including phenoxy) is 1. The fourth-order valence-electron chi connectivity index (χ4n) is 3.75. The Morgan fingerprint density at radius 1 is 1.33 bits per heavy atom. The summed E-state index contributed by atoms with van der Waals surface area (Å²) in [6, 6.07) is 6.15. The number of benzene rings is 2. The van der Waals surface area contributed by atoms with Gasteiger partial charge >= 0.3 is 0 Å². The molecular weight excluding hydrogens is 349 g/mol. The molecule has 0 atom stereocenters. The van der Waals surface area contributed by atoms with Crippen molar-refractivity contribution in [3.05, 3.63) is 46.1 Å². The molecule has 2 heterocycles. The quantitative estimate of drug-likeness (QED) is 0.652. The molecule has 2 N–H and O–H groups in total. The summed E-state index contributed by atoms with van der Waals surface area (Å²) in [6.45, 7) is 1.50. The van der Waals surface area contributed by atoms with Gasteiger partial charge in [0.1, 0.15) is 11.6 Å². The van der Waals surface area contributed by atoms with Crippen LogP contribution >= 0.6 is 0 Å². The topological polar surface area (TPSA) is 77.9 Å². The van der Waals surface area contributed by atoms with E-state index in [-0.39, 0.29) is 17.4 Å². The van der Waals surface area contributed by atoms with Crippen LogP contribution in [0, 0.1) is 10.7 Å². The average Bonchev–Trinajstić information content (AvgIpc) is 3.04. The summed E-state index contributed by atoms with van der Waals surface area (Å²) < 4.78 is 25.1. The van der Waals surface area contributed by atoms with Gasteiger partial charge in [0, 0.05) is 25.4 Å². The Hall–Kier alpha value is -2.93. The molecule has 7 heteroatoms. The Labute approximate surface area is 158 Å². The van der Waals surface area contributed by atoms with Crippen LogP contribution < -0.4 is 4.74 Å². The van der Waals surface area contributed by atoms with E-state index >= 15 is 0 Å². The van der Waals surface area contributed by atoms with Crippen LogP contribution in [0.3, 0.4) is 0 Å². The van der Waals surface area contributed by atoms with Crippen LogP contribution in [0.25, 0.3) is 22.0 Å². The van der Waals surface area contributed by atoms with Crippen molar-refractivity contribution in [1.29, 1.82) is 0 Å². The number of nitroso groups, excluding NO2 is 1. The summed E-state index contributed by atoms with van der Waals surface area (Å²) in [7, 11) is 4.79. The lowest BCUT2D eigenvalue weighted by atomic mass is 9.88. The van der Waals surface area contributed by atoms with Crippen molar-refractivity contribution in [2.24, 2.45) is 5.18 Å². The Morgan fingerprint density at radius 3 is 2.81 bits per heavy atom. The molecule has 0 saturated heterocycles. The van der Waals surface area contributed by atoms with Crippen molar-refractivity contribution in [3.63, 3.8) is 0 Å². The molecule has 1 aliphatic heterocycles. The Morgan fingerprint density at radius 2 is 2.11 bits per heavy atom. The highest BCUT2D eigenvalue weighted by Crippen LogP contribution is 2.44. The molecule has 1 aliphatic rings. The highest BCUT2D eigenvalue weighted by atomic mass is 19.1. The number of halogens is 1. The second-order valence-corrected chi connectivity index (χ2v) is 6.55. The number of aromatic amines is 1. The molecule has 0 fully saturated rings. The monoisotopic (exact) mass is 373 g/mol. The number of likely N-dealkylation sites (N-methyl/N-ethyl adjacent to an activating group) is 1. The molecule has 27 heavy (non-hydrogen) atoms. The number of nitrogens with zero attached hydrogens (tertiary/aromatic N) is 2.